The van der Waals surface area contributed by atoms with Crippen molar-refractivity contribution in [2.45, 2.75) is 25.3 Å². The van der Waals surface area contributed by atoms with E-state index >= 15 is 0 Å². The highest BCUT2D eigenvalue weighted by Crippen LogP contribution is 2.25. The maximum absolute atomic E-state index is 12.9. The van der Waals surface area contributed by atoms with E-state index in [1.807, 2.05) is 96.5 Å². The van der Waals surface area contributed by atoms with Crippen LogP contribution in [0.2, 0.25) is 0 Å². The summed E-state index contributed by atoms with van der Waals surface area (Å²) in [6.07, 6.45) is 1.48. The molecule has 0 bridgehead atoms. The summed E-state index contributed by atoms with van der Waals surface area (Å²) in [5.74, 6) is 1.77. The highest BCUT2D eigenvalue weighted by Gasteiger charge is 2.22. The van der Waals surface area contributed by atoms with Gasteiger partial charge in [-0.05, 0) is 36.2 Å². The third-order valence-corrected chi connectivity index (χ3v) is 5.80. The van der Waals surface area contributed by atoms with Gasteiger partial charge in [-0.1, -0.05) is 60.7 Å². The lowest BCUT2D eigenvalue weighted by molar-refractivity contribution is -0.121. The normalized spacial score (nSPS) is 12.0. The Labute approximate surface area is 197 Å². The molecule has 3 aromatic carbocycles. The van der Waals surface area contributed by atoms with Crippen LogP contribution < -0.4 is 5.32 Å². The second-order valence-electron chi connectivity index (χ2n) is 8.15. The number of imidazole rings is 1. The minimum Gasteiger partial charge on any atom is -0.421 e. The summed E-state index contributed by atoms with van der Waals surface area (Å²) in [7, 11) is 1.98. The number of nitrogens with zero attached hydrogens (tertiary/aromatic N) is 4. The summed E-state index contributed by atoms with van der Waals surface area (Å²) in [5.41, 5.74) is 3.80. The SMILES string of the molecule is Cn1c(C(NC(=O)CCCc2nnc(-c3ccccc3)o2)c2ccccc2)nc2ccccc21. The highest BCUT2D eigenvalue weighted by molar-refractivity contribution is 5.78. The van der Waals surface area contributed by atoms with Crippen LogP contribution in [-0.4, -0.2) is 25.7 Å². The summed E-state index contributed by atoms with van der Waals surface area (Å²) in [6, 6.07) is 27.2. The number of para-hydroxylation sites is 2. The molecule has 0 radical (unpaired) electrons. The smallest absolute Gasteiger partial charge is 0.247 e. The first kappa shape index (κ1) is 21.6. The van der Waals surface area contributed by atoms with Crippen LogP contribution >= 0.6 is 0 Å². The second kappa shape index (κ2) is 9.70. The van der Waals surface area contributed by atoms with E-state index in [1.165, 1.54) is 0 Å². The Hall–Kier alpha value is -4.26. The molecule has 0 fully saturated rings. The summed E-state index contributed by atoms with van der Waals surface area (Å²) in [6.45, 7) is 0. The van der Waals surface area contributed by atoms with Gasteiger partial charge in [-0.3, -0.25) is 4.79 Å². The van der Waals surface area contributed by atoms with E-state index in [0.29, 0.717) is 31.0 Å². The molecule has 0 saturated carbocycles. The first-order valence-electron chi connectivity index (χ1n) is 11.3. The molecule has 1 atom stereocenters. The molecule has 2 heterocycles. The Morgan fingerprint density at radius 2 is 1.65 bits per heavy atom. The Bertz CT molecular complexity index is 1390. The van der Waals surface area contributed by atoms with E-state index in [2.05, 4.69) is 15.5 Å². The minimum atomic E-state index is -0.348. The van der Waals surface area contributed by atoms with Gasteiger partial charge in [-0.15, -0.1) is 10.2 Å². The lowest BCUT2D eigenvalue weighted by atomic mass is 10.1. The average molecular weight is 452 g/mol. The van der Waals surface area contributed by atoms with Crippen molar-refractivity contribution in [1.29, 1.82) is 0 Å². The lowest BCUT2D eigenvalue weighted by Gasteiger charge is -2.19. The number of benzene rings is 3. The maximum Gasteiger partial charge on any atom is 0.247 e. The molecular weight excluding hydrogens is 426 g/mol. The Morgan fingerprint density at radius 3 is 2.41 bits per heavy atom. The maximum atomic E-state index is 12.9. The number of rotatable bonds is 8. The molecule has 0 aliphatic heterocycles. The van der Waals surface area contributed by atoms with Crippen LogP contribution in [-0.2, 0) is 18.3 Å². The first-order chi connectivity index (χ1) is 16.7. The summed E-state index contributed by atoms with van der Waals surface area (Å²) in [5, 5.41) is 11.4. The molecule has 0 aliphatic carbocycles. The third kappa shape index (κ3) is 4.59. The lowest BCUT2D eigenvalue weighted by Crippen LogP contribution is -2.31. The molecule has 1 amide bonds. The van der Waals surface area contributed by atoms with Gasteiger partial charge in [0, 0.05) is 25.5 Å². The topological polar surface area (TPSA) is 85.8 Å². The average Bonchev–Trinajstić information content (AvgIpc) is 3.49. The van der Waals surface area contributed by atoms with Crippen LogP contribution in [0.15, 0.2) is 89.3 Å². The van der Waals surface area contributed by atoms with Crippen molar-refractivity contribution in [3.05, 3.63) is 102 Å². The molecule has 0 aliphatic rings. The van der Waals surface area contributed by atoms with Gasteiger partial charge >= 0.3 is 0 Å². The van der Waals surface area contributed by atoms with Crippen molar-refractivity contribution in [2.24, 2.45) is 7.05 Å². The number of amides is 1. The number of carbonyl (C=O) groups is 1. The third-order valence-electron chi connectivity index (χ3n) is 5.80. The van der Waals surface area contributed by atoms with Crippen LogP contribution in [0.4, 0.5) is 0 Å². The van der Waals surface area contributed by atoms with Crippen molar-refractivity contribution in [3.63, 3.8) is 0 Å². The number of aromatic nitrogens is 4. The molecule has 1 N–H and O–H groups in total. The van der Waals surface area contributed by atoms with Crippen molar-refractivity contribution in [3.8, 4) is 11.5 Å². The van der Waals surface area contributed by atoms with Gasteiger partial charge in [0.1, 0.15) is 11.9 Å². The molecule has 5 aromatic rings. The monoisotopic (exact) mass is 451 g/mol. The quantitative estimate of drug-likeness (QED) is 0.364. The molecule has 34 heavy (non-hydrogen) atoms. The van der Waals surface area contributed by atoms with E-state index in [9.17, 15) is 4.79 Å². The predicted molar refractivity (Wildman–Crippen MR) is 130 cm³/mol. The summed E-state index contributed by atoms with van der Waals surface area (Å²) < 4.78 is 7.79. The van der Waals surface area contributed by atoms with Crippen molar-refractivity contribution >= 4 is 16.9 Å². The zero-order valence-corrected chi connectivity index (χ0v) is 18.9. The number of hydrogen-bond acceptors (Lipinski definition) is 5. The van der Waals surface area contributed by atoms with E-state index in [4.69, 9.17) is 9.40 Å². The van der Waals surface area contributed by atoms with Crippen LogP contribution in [0.5, 0.6) is 0 Å². The first-order valence-corrected chi connectivity index (χ1v) is 11.3. The zero-order chi connectivity index (χ0) is 23.3. The van der Waals surface area contributed by atoms with Gasteiger partial charge in [-0.25, -0.2) is 4.98 Å². The number of carbonyl (C=O) groups excluding carboxylic acids is 1. The fourth-order valence-electron chi connectivity index (χ4n) is 4.05. The number of hydrogen-bond donors (Lipinski definition) is 1. The molecule has 1 unspecified atom stereocenters. The standard InChI is InChI=1S/C27H25N5O2/c1-32-22-16-9-8-15-21(22)28-26(32)25(19-11-4-2-5-12-19)29-23(33)17-10-18-24-30-31-27(34-24)20-13-6-3-7-14-20/h2-9,11-16,25H,10,17-18H2,1H3,(H,29,33). The van der Waals surface area contributed by atoms with Gasteiger partial charge in [0.25, 0.3) is 0 Å². The second-order valence-corrected chi connectivity index (χ2v) is 8.15. The van der Waals surface area contributed by atoms with Gasteiger partial charge < -0.3 is 14.3 Å². The van der Waals surface area contributed by atoms with Gasteiger partial charge in [-0.2, -0.15) is 0 Å². The van der Waals surface area contributed by atoms with Gasteiger partial charge in [0.05, 0.1) is 11.0 Å². The fraction of sp³-hybridized carbons (Fsp3) is 0.185. The molecule has 7 nitrogen and oxygen atoms in total. The van der Waals surface area contributed by atoms with E-state index in [0.717, 1.165) is 28.0 Å². The number of fused-ring (bicyclic) bond motifs is 1. The molecule has 2 aromatic heterocycles. The van der Waals surface area contributed by atoms with Crippen LogP contribution in [0, 0.1) is 0 Å². The summed E-state index contributed by atoms with van der Waals surface area (Å²) >= 11 is 0. The van der Waals surface area contributed by atoms with Crippen LogP contribution in [0.1, 0.15) is 36.2 Å². The molecule has 170 valence electrons. The van der Waals surface area contributed by atoms with Crippen LogP contribution in [0.25, 0.3) is 22.5 Å². The van der Waals surface area contributed by atoms with E-state index in [-0.39, 0.29) is 11.9 Å². The molecule has 7 heteroatoms. The van der Waals surface area contributed by atoms with Crippen molar-refractivity contribution < 1.29 is 9.21 Å². The van der Waals surface area contributed by atoms with Gasteiger partial charge in [0.2, 0.25) is 17.7 Å². The van der Waals surface area contributed by atoms with Crippen LogP contribution in [0.3, 0.4) is 0 Å². The largest absolute Gasteiger partial charge is 0.421 e. The van der Waals surface area contributed by atoms with Crippen molar-refractivity contribution in [1.82, 2.24) is 25.1 Å². The fourth-order valence-corrected chi connectivity index (χ4v) is 4.05. The molecule has 5 rings (SSSR count). The minimum absolute atomic E-state index is 0.0521. The molecular formula is C27H25N5O2. The number of nitrogens with one attached hydrogen (secondary N) is 1. The zero-order valence-electron chi connectivity index (χ0n) is 18.9. The Kier molecular flexibility index (Phi) is 6.16. The predicted octanol–water partition coefficient (Wildman–Crippen LogP) is 4.85. The van der Waals surface area contributed by atoms with Crippen molar-refractivity contribution in [2.75, 3.05) is 0 Å². The highest BCUT2D eigenvalue weighted by atomic mass is 16.4. The van der Waals surface area contributed by atoms with E-state index in [1.54, 1.807) is 0 Å². The van der Waals surface area contributed by atoms with E-state index < -0.39 is 0 Å². The molecule has 0 spiro atoms. The Balaban J connectivity index is 1.27. The Morgan fingerprint density at radius 1 is 0.941 bits per heavy atom. The summed E-state index contributed by atoms with van der Waals surface area (Å²) in [4.78, 5) is 17.7. The molecule has 0 saturated heterocycles. The van der Waals surface area contributed by atoms with Gasteiger partial charge in [0.15, 0.2) is 0 Å². The number of aryl methyl sites for hydroxylation is 2.